The van der Waals surface area contributed by atoms with Gasteiger partial charge >= 0.3 is 6.03 Å². The number of carbonyl (C=O) groups is 1. The molecule has 0 aromatic carbocycles. The monoisotopic (exact) mass is 283 g/mol. The molecule has 0 saturated carbocycles. The Morgan fingerprint density at radius 3 is 3.19 bits per heavy atom. The Balaban J connectivity index is 2.23. The zero-order valence-electron chi connectivity index (χ0n) is 8.54. The first kappa shape index (κ1) is 10.9. The predicted octanol–water partition coefficient (Wildman–Crippen LogP) is 1.86. The van der Waals surface area contributed by atoms with E-state index in [9.17, 15) is 4.79 Å². The lowest BCUT2D eigenvalue weighted by Gasteiger charge is -2.00. The molecule has 0 fully saturated rings. The molecule has 0 bridgehead atoms. The molecule has 0 saturated heterocycles. The topological polar surface area (TPSA) is 82.7 Å². The fraction of sp³-hybridized carbons (Fsp3) is 0.222. The SMILES string of the molecule is CCNC(=O)Nc1nc2ncc(Br)cc2[nH]1. The normalized spacial score (nSPS) is 10.4. The molecule has 2 rings (SSSR count). The number of anilines is 1. The van der Waals surface area contributed by atoms with E-state index in [4.69, 9.17) is 0 Å². The van der Waals surface area contributed by atoms with Crippen LogP contribution in [0.1, 0.15) is 6.92 Å². The van der Waals surface area contributed by atoms with Gasteiger partial charge in [-0.1, -0.05) is 0 Å². The summed E-state index contributed by atoms with van der Waals surface area (Å²) < 4.78 is 0.855. The van der Waals surface area contributed by atoms with Crippen LogP contribution in [0.2, 0.25) is 0 Å². The zero-order valence-corrected chi connectivity index (χ0v) is 10.1. The standard InChI is InChI=1S/C9H10BrN5O/c1-2-11-9(16)15-8-13-6-3-5(10)4-12-7(6)14-8/h3-4H,2H2,1H3,(H3,11,12,13,14,15,16). The summed E-state index contributed by atoms with van der Waals surface area (Å²) in [6, 6.07) is 1.55. The van der Waals surface area contributed by atoms with Crippen molar-refractivity contribution in [1.82, 2.24) is 20.3 Å². The minimum Gasteiger partial charge on any atom is -0.338 e. The first-order valence-electron chi connectivity index (χ1n) is 4.75. The van der Waals surface area contributed by atoms with E-state index >= 15 is 0 Å². The van der Waals surface area contributed by atoms with Crippen LogP contribution in [0.15, 0.2) is 16.7 Å². The van der Waals surface area contributed by atoms with Gasteiger partial charge in [-0.05, 0) is 28.9 Å². The highest BCUT2D eigenvalue weighted by Crippen LogP contribution is 2.16. The van der Waals surface area contributed by atoms with E-state index in [2.05, 4.69) is 41.5 Å². The summed E-state index contributed by atoms with van der Waals surface area (Å²) in [5.41, 5.74) is 1.33. The lowest BCUT2D eigenvalue weighted by atomic mass is 10.4. The number of fused-ring (bicyclic) bond motifs is 1. The largest absolute Gasteiger partial charge is 0.338 e. The minimum atomic E-state index is -0.291. The summed E-state index contributed by atoms with van der Waals surface area (Å²) in [7, 11) is 0. The average molecular weight is 284 g/mol. The van der Waals surface area contributed by atoms with Gasteiger partial charge in [0.1, 0.15) is 0 Å². The second-order valence-corrected chi connectivity index (χ2v) is 4.01. The summed E-state index contributed by atoms with van der Waals surface area (Å²) >= 11 is 3.31. The van der Waals surface area contributed by atoms with E-state index in [-0.39, 0.29) is 6.03 Å². The maximum Gasteiger partial charge on any atom is 0.321 e. The van der Waals surface area contributed by atoms with E-state index in [1.807, 2.05) is 13.0 Å². The fourth-order valence-electron chi connectivity index (χ4n) is 1.25. The van der Waals surface area contributed by atoms with Gasteiger partial charge in [-0.15, -0.1) is 0 Å². The van der Waals surface area contributed by atoms with Crippen LogP contribution < -0.4 is 10.6 Å². The van der Waals surface area contributed by atoms with Gasteiger partial charge in [-0.25, -0.2) is 9.78 Å². The van der Waals surface area contributed by atoms with Gasteiger partial charge in [-0.3, -0.25) is 5.32 Å². The number of aromatic amines is 1. The van der Waals surface area contributed by atoms with Crippen LogP contribution in [0.5, 0.6) is 0 Å². The molecule has 0 radical (unpaired) electrons. The molecule has 2 heterocycles. The van der Waals surface area contributed by atoms with Crippen LogP contribution in [-0.2, 0) is 0 Å². The Morgan fingerprint density at radius 1 is 1.62 bits per heavy atom. The number of amides is 2. The zero-order chi connectivity index (χ0) is 11.5. The van der Waals surface area contributed by atoms with E-state index in [1.54, 1.807) is 6.20 Å². The third-order valence-corrected chi connectivity index (χ3v) is 2.31. The Bertz CT molecular complexity index is 524. The highest BCUT2D eigenvalue weighted by Gasteiger charge is 2.06. The molecule has 3 N–H and O–H groups in total. The molecule has 0 atom stereocenters. The van der Waals surface area contributed by atoms with Gasteiger partial charge in [-0.2, -0.15) is 4.98 Å². The lowest BCUT2D eigenvalue weighted by Crippen LogP contribution is -2.28. The molecule has 0 unspecified atom stereocenters. The number of hydrogen-bond acceptors (Lipinski definition) is 3. The summed E-state index contributed by atoms with van der Waals surface area (Å²) in [4.78, 5) is 22.4. The van der Waals surface area contributed by atoms with Crippen molar-refractivity contribution in [3.63, 3.8) is 0 Å². The molecule has 84 valence electrons. The number of carbonyl (C=O) groups excluding carboxylic acids is 1. The van der Waals surface area contributed by atoms with Gasteiger partial charge in [0.05, 0.1) is 5.52 Å². The summed E-state index contributed by atoms with van der Waals surface area (Å²) in [6.45, 7) is 2.41. The molecular formula is C9H10BrN5O. The van der Waals surface area contributed by atoms with Crippen molar-refractivity contribution in [3.8, 4) is 0 Å². The summed E-state index contributed by atoms with van der Waals surface area (Å²) in [5, 5.41) is 5.19. The Labute approximate surface area is 100.0 Å². The molecule has 2 aromatic heterocycles. The Kier molecular flexibility index (Phi) is 3.04. The van der Waals surface area contributed by atoms with Crippen molar-refractivity contribution in [1.29, 1.82) is 0 Å². The summed E-state index contributed by atoms with van der Waals surface area (Å²) in [5.74, 6) is 0.381. The minimum absolute atomic E-state index is 0.291. The van der Waals surface area contributed by atoms with Crippen LogP contribution in [-0.4, -0.2) is 27.5 Å². The number of imidazole rings is 1. The van der Waals surface area contributed by atoms with Crippen molar-refractivity contribution in [3.05, 3.63) is 16.7 Å². The van der Waals surface area contributed by atoms with Crippen LogP contribution in [0.25, 0.3) is 11.2 Å². The Morgan fingerprint density at radius 2 is 2.44 bits per heavy atom. The van der Waals surface area contributed by atoms with Gasteiger partial charge in [0, 0.05) is 17.2 Å². The van der Waals surface area contributed by atoms with Gasteiger partial charge in [0.15, 0.2) is 5.65 Å². The van der Waals surface area contributed by atoms with E-state index < -0.39 is 0 Å². The van der Waals surface area contributed by atoms with Crippen molar-refractivity contribution in [2.45, 2.75) is 6.92 Å². The van der Waals surface area contributed by atoms with Crippen molar-refractivity contribution < 1.29 is 4.79 Å². The maximum absolute atomic E-state index is 11.2. The molecule has 0 spiro atoms. The van der Waals surface area contributed by atoms with Gasteiger partial charge in [0.2, 0.25) is 5.95 Å². The number of pyridine rings is 1. The second kappa shape index (κ2) is 4.48. The second-order valence-electron chi connectivity index (χ2n) is 3.09. The molecule has 2 amide bonds. The third kappa shape index (κ3) is 2.30. The fourth-order valence-corrected chi connectivity index (χ4v) is 1.58. The average Bonchev–Trinajstić information content (AvgIpc) is 2.59. The molecule has 0 aliphatic heterocycles. The number of urea groups is 1. The predicted molar refractivity (Wildman–Crippen MR) is 64.3 cm³/mol. The van der Waals surface area contributed by atoms with Gasteiger partial charge < -0.3 is 10.3 Å². The van der Waals surface area contributed by atoms with Crippen LogP contribution in [0.3, 0.4) is 0 Å². The highest BCUT2D eigenvalue weighted by atomic mass is 79.9. The third-order valence-electron chi connectivity index (χ3n) is 1.87. The molecule has 6 nitrogen and oxygen atoms in total. The van der Waals surface area contributed by atoms with Crippen LogP contribution in [0.4, 0.5) is 10.7 Å². The number of nitrogens with one attached hydrogen (secondary N) is 3. The molecule has 16 heavy (non-hydrogen) atoms. The lowest BCUT2D eigenvalue weighted by molar-refractivity contribution is 0.252. The number of nitrogens with zero attached hydrogens (tertiary/aromatic N) is 2. The first-order chi connectivity index (χ1) is 7.69. The van der Waals surface area contributed by atoms with E-state index in [0.29, 0.717) is 18.1 Å². The number of aromatic nitrogens is 3. The first-order valence-corrected chi connectivity index (χ1v) is 5.54. The van der Waals surface area contributed by atoms with Crippen molar-refractivity contribution in [2.24, 2.45) is 0 Å². The number of rotatable bonds is 2. The Hall–Kier alpha value is -1.63. The number of hydrogen-bond donors (Lipinski definition) is 3. The van der Waals surface area contributed by atoms with Crippen LogP contribution in [0, 0.1) is 0 Å². The number of halogens is 1. The molecule has 2 aromatic rings. The van der Waals surface area contributed by atoms with Crippen molar-refractivity contribution >= 4 is 39.1 Å². The molecule has 0 aliphatic carbocycles. The molecule has 0 aliphatic rings. The van der Waals surface area contributed by atoms with Gasteiger partial charge in [0.25, 0.3) is 0 Å². The quantitative estimate of drug-likeness (QED) is 0.787. The van der Waals surface area contributed by atoms with E-state index in [1.165, 1.54) is 0 Å². The van der Waals surface area contributed by atoms with Crippen LogP contribution >= 0.6 is 15.9 Å². The van der Waals surface area contributed by atoms with E-state index in [0.717, 1.165) is 9.99 Å². The number of H-pyrrole nitrogens is 1. The molecule has 7 heteroatoms. The smallest absolute Gasteiger partial charge is 0.321 e. The van der Waals surface area contributed by atoms with Crippen molar-refractivity contribution in [2.75, 3.05) is 11.9 Å². The maximum atomic E-state index is 11.2. The molecular weight excluding hydrogens is 274 g/mol. The summed E-state index contributed by atoms with van der Waals surface area (Å²) in [6.07, 6.45) is 1.65. The highest BCUT2D eigenvalue weighted by molar-refractivity contribution is 9.10.